The highest BCUT2D eigenvalue weighted by atomic mass is 79.9. The number of esters is 1. The Balaban J connectivity index is 2.59. The fourth-order valence-electron chi connectivity index (χ4n) is 1.96. The van der Waals surface area contributed by atoms with E-state index in [0.717, 1.165) is 4.90 Å². The number of methoxy groups -OCH3 is 1. The van der Waals surface area contributed by atoms with E-state index in [-0.39, 0.29) is 27.1 Å². The second-order valence-corrected chi connectivity index (χ2v) is 6.31. The molecule has 122 valence electrons. The van der Waals surface area contributed by atoms with Gasteiger partial charge in [-0.1, -0.05) is 0 Å². The maximum Gasteiger partial charge on any atom is 0.342 e. The van der Waals surface area contributed by atoms with Gasteiger partial charge in [-0.3, -0.25) is 9.36 Å². The molecule has 0 radical (unpaired) electrons. The van der Waals surface area contributed by atoms with Gasteiger partial charge in [0.2, 0.25) is 0 Å². The van der Waals surface area contributed by atoms with E-state index in [1.165, 1.54) is 42.6 Å². The van der Waals surface area contributed by atoms with Gasteiger partial charge in [-0.25, -0.2) is 9.18 Å². The summed E-state index contributed by atoms with van der Waals surface area (Å²) in [6.07, 6.45) is 1.84. The number of nitrogens with zero attached hydrogens (tertiary/aromatic N) is 1. The minimum Gasteiger partial charge on any atom is -0.465 e. The molecule has 0 unspecified atom stereocenters. The van der Waals surface area contributed by atoms with Crippen molar-refractivity contribution in [2.45, 2.75) is 4.90 Å². The number of carbonyl (C=O) groups excluding carboxylic acids is 1. The van der Waals surface area contributed by atoms with E-state index in [0.29, 0.717) is 0 Å². The van der Waals surface area contributed by atoms with Crippen molar-refractivity contribution in [1.82, 2.24) is 4.57 Å². The van der Waals surface area contributed by atoms with Crippen LogP contribution < -0.4 is 10.9 Å². The minimum atomic E-state index is -0.642. The summed E-state index contributed by atoms with van der Waals surface area (Å²) in [5.74, 6) is -0.983. The summed E-state index contributed by atoms with van der Waals surface area (Å²) in [7, 11) is 2.72. The van der Waals surface area contributed by atoms with Crippen molar-refractivity contribution in [3.05, 3.63) is 50.5 Å². The third kappa shape index (κ3) is 3.59. The van der Waals surface area contributed by atoms with Crippen LogP contribution in [-0.2, 0) is 11.8 Å². The first-order chi connectivity index (χ1) is 10.9. The van der Waals surface area contributed by atoms with E-state index >= 15 is 0 Å². The summed E-state index contributed by atoms with van der Waals surface area (Å²) in [4.78, 5) is 24.7. The Kier molecular flexibility index (Phi) is 5.48. The zero-order chi connectivity index (χ0) is 17.1. The zero-order valence-corrected chi connectivity index (χ0v) is 15.0. The minimum absolute atomic E-state index is 0.114. The van der Waals surface area contributed by atoms with Crippen molar-refractivity contribution < 1.29 is 13.9 Å². The fraction of sp³-hybridized carbons (Fsp3) is 0.200. The first kappa shape index (κ1) is 17.6. The lowest BCUT2D eigenvalue weighted by atomic mass is 10.2. The van der Waals surface area contributed by atoms with E-state index in [9.17, 15) is 14.0 Å². The molecule has 8 heteroatoms. The molecule has 0 aliphatic carbocycles. The topological polar surface area (TPSA) is 60.3 Å². The number of halogens is 2. The molecular weight excluding hydrogens is 387 g/mol. The van der Waals surface area contributed by atoms with Crippen molar-refractivity contribution in [2.24, 2.45) is 7.05 Å². The fourth-order valence-corrected chi connectivity index (χ4v) is 2.93. The standard InChI is InChI=1S/C15H14BrFN2O3S/c1-19-12(20)7-9(16)13(15(21)22-2)14(19)18-11-5-4-8(23-3)6-10(11)17/h4-7,18H,1-3H3. The van der Waals surface area contributed by atoms with Crippen LogP contribution in [0, 0.1) is 5.82 Å². The number of nitrogens with one attached hydrogen (secondary N) is 1. The molecule has 2 rings (SSSR count). The van der Waals surface area contributed by atoms with Gasteiger partial charge in [-0.2, -0.15) is 0 Å². The molecular formula is C15H14BrFN2O3S. The molecule has 0 bridgehead atoms. The Labute approximate surface area is 145 Å². The van der Waals surface area contributed by atoms with Crippen LogP contribution in [0.25, 0.3) is 0 Å². The second kappa shape index (κ2) is 7.18. The number of hydrogen-bond donors (Lipinski definition) is 1. The molecule has 23 heavy (non-hydrogen) atoms. The SMILES string of the molecule is COC(=O)c1c(Br)cc(=O)n(C)c1Nc1ccc(SC)cc1F. The Morgan fingerprint density at radius 1 is 1.39 bits per heavy atom. The first-order valence-corrected chi connectivity index (χ1v) is 8.49. The van der Waals surface area contributed by atoms with Crippen molar-refractivity contribution >= 4 is 45.2 Å². The van der Waals surface area contributed by atoms with Crippen LogP contribution >= 0.6 is 27.7 Å². The largest absolute Gasteiger partial charge is 0.465 e. The van der Waals surface area contributed by atoms with Crippen LogP contribution in [0.2, 0.25) is 0 Å². The normalized spacial score (nSPS) is 10.5. The molecule has 1 heterocycles. The van der Waals surface area contributed by atoms with Gasteiger partial charge < -0.3 is 10.1 Å². The van der Waals surface area contributed by atoms with Gasteiger partial charge in [0.1, 0.15) is 17.2 Å². The monoisotopic (exact) mass is 400 g/mol. The summed E-state index contributed by atoms with van der Waals surface area (Å²) >= 11 is 4.59. The van der Waals surface area contributed by atoms with E-state index in [4.69, 9.17) is 4.74 Å². The highest BCUT2D eigenvalue weighted by molar-refractivity contribution is 9.10. The zero-order valence-electron chi connectivity index (χ0n) is 12.6. The quantitative estimate of drug-likeness (QED) is 0.628. The molecule has 0 atom stereocenters. The van der Waals surface area contributed by atoms with E-state index in [1.54, 1.807) is 12.1 Å². The summed E-state index contributed by atoms with van der Waals surface area (Å²) in [5.41, 5.74) is -0.0860. The highest BCUT2D eigenvalue weighted by Crippen LogP contribution is 2.29. The van der Waals surface area contributed by atoms with Gasteiger partial charge in [0.25, 0.3) is 5.56 Å². The molecule has 1 aromatic heterocycles. The van der Waals surface area contributed by atoms with Crippen LogP contribution in [0.15, 0.2) is 38.4 Å². The molecule has 2 aromatic rings. The molecule has 0 aliphatic rings. The third-order valence-electron chi connectivity index (χ3n) is 3.21. The summed E-state index contributed by atoms with van der Waals surface area (Å²) in [6, 6.07) is 5.92. The molecule has 1 aromatic carbocycles. The number of anilines is 2. The summed E-state index contributed by atoms with van der Waals surface area (Å²) in [6.45, 7) is 0. The lowest BCUT2D eigenvalue weighted by molar-refractivity contribution is 0.0600. The van der Waals surface area contributed by atoms with E-state index in [1.807, 2.05) is 6.26 Å². The maximum atomic E-state index is 14.2. The Hall–Kier alpha value is -1.80. The van der Waals surface area contributed by atoms with Gasteiger partial charge in [0, 0.05) is 22.5 Å². The van der Waals surface area contributed by atoms with Crippen molar-refractivity contribution in [3.8, 4) is 0 Å². The summed E-state index contributed by atoms with van der Waals surface area (Å²) < 4.78 is 20.4. The van der Waals surface area contributed by atoms with Crippen molar-refractivity contribution in [2.75, 3.05) is 18.7 Å². The van der Waals surface area contributed by atoms with Crippen molar-refractivity contribution in [1.29, 1.82) is 0 Å². The number of thioether (sulfide) groups is 1. The number of carbonyl (C=O) groups is 1. The van der Waals surface area contributed by atoms with Gasteiger partial charge in [-0.05, 0) is 40.4 Å². The molecule has 1 N–H and O–H groups in total. The predicted molar refractivity (Wildman–Crippen MR) is 92.2 cm³/mol. The number of benzene rings is 1. The molecule has 0 spiro atoms. The first-order valence-electron chi connectivity index (χ1n) is 6.47. The second-order valence-electron chi connectivity index (χ2n) is 4.58. The number of pyridine rings is 1. The van der Waals surface area contributed by atoms with E-state index < -0.39 is 11.8 Å². The van der Waals surface area contributed by atoms with Crippen LogP contribution in [-0.4, -0.2) is 23.9 Å². The van der Waals surface area contributed by atoms with E-state index in [2.05, 4.69) is 21.2 Å². The number of ether oxygens (including phenoxy) is 1. The van der Waals surface area contributed by atoms with Crippen molar-refractivity contribution in [3.63, 3.8) is 0 Å². The average molecular weight is 401 g/mol. The number of hydrogen-bond acceptors (Lipinski definition) is 5. The lowest BCUT2D eigenvalue weighted by Crippen LogP contribution is -2.23. The van der Waals surface area contributed by atoms with Gasteiger partial charge in [0.05, 0.1) is 12.8 Å². The summed E-state index contributed by atoms with van der Waals surface area (Å²) in [5, 5.41) is 2.81. The molecule has 0 amide bonds. The third-order valence-corrected chi connectivity index (χ3v) is 4.56. The average Bonchev–Trinajstić information content (AvgIpc) is 2.53. The Bertz CT molecular complexity index is 823. The van der Waals surface area contributed by atoms with Gasteiger partial charge >= 0.3 is 5.97 Å². The van der Waals surface area contributed by atoms with Crippen LogP contribution in [0.1, 0.15) is 10.4 Å². The van der Waals surface area contributed by atoms with Crippen LogP contribution in [0.3, 0.4) is 0 Å². The van der Waals surface area contributed by atoms with Crippen LogP contribution in [0.4, 0.5) is 15.9 Å². The molecule has 0 saturated carbocycles. The molecule has 5 nitrogen and oxygen atoms in total. The van der Waals surface area contributed by atoms with Gasteiger partial charge in [-0.15, -0.1) is 11.8 Å². The molecule has 0 saturated heterocycles. The maximum absolute atomic E-state index is 14.2. The smallest absolute Gasteiger partial charge is 0.342 e. The lowest BCUT2D eigenvalue weighted by Gasteiger charge is -2.16. The van der Waals surface area contributed by atoms with Crippen LogP contribution in [0.5, 0.6) is 0 Å². The molecule has 0 fully saturated rings. The Morgan fingerprint density at radius 2 is 2.09 bits per heavy atom. The number of aromatic nitrogens is 1. The number of rotatable bonds is 4. The Morgan fingerprint density at radius 3 is 2.65 bits per heavy atom. The highest BCUT2D eigenvalue weighted by Gasteiger charge is 2.21. The van der Waals surface area contributed by atoms with Gasteiger partial charge in [0.15, 0.2) is 0 Å². The molecule has 0 aliphatic heterocycles. The predicted octanol–water partition coefficient (Wildman–Crippen LogP) is 3.54.